The molecule has 0 saturated carbocycles. The average Bonchev–Trinajstić information content (AvgIpc) is 3.30. The molecule has 1 aliphatic heterocycles. The third-order valence-electron chi connectivity index (χ3n) is 6.58. The summed E-state index contributed by atoms with van der Waals surface area (Å²) >= 11 is 0. The summed E-state index contributed by atoms with van der Waals surface area (Å²) in [5, 5.41) is 16.4. The molecule has 1 saturated heterocycles. The quantitative estimate of drug-likeness (QED) is 0.136. The lowest BCUT2D eigenvalue weighted by Gasteiger charge is -2.26. The summed E-state index contributed by atoms with van der Waals surface area (Å²) in [4.78, 5) is 25.1. The number of aromatic nitrogens is 2. The van der Waals surface area contributed by atoms with Crippen LogP contribution in [0.3, 0.4) is 0 Å². The van der Waals surface area contributed by atoms with Crippen molar-refractivity contribution in [2.24, 2.45) is 0 Å². The molecule has 1 amide bonds. The number of piperidine rings is 1. The number of alkyl halides is 3. The molecule has 1 aromatic heterocycles. The third-order valence-corrected chi connectivity index (χ3v) is 6.58. The molecule has 8 nitrogen and oxygen atoms in total. The monoisotopic (exact) mass is 573 g/mol. The van der Waals surface area contributed by atoms with E-state index in [0.717, 1.165) is 6.07 Å². The lowest BCUT2D eigenvalue weighted by atomic mass is 10.0. The molecule has 0 unspecified atom stereocenters. The Morgan fingerprint density at radius 2 is 1.71 bits per heavy atom. The molecular weight excluding hydrogens is 549 g/mol. The van der Waals surface area contributed by atoms with Gasteiger partial charge < -0.3 is 20.7 Å². The minimum absolute atomic E-state index is 0.0526. The van der Waals surface area contributed by atoms with Crippen LogP contribution in [0.15, 0.2) is 54.6 Å². The number of amides is 1. The van der Waals surface area contributed by atoms with E-state index in [0.29, 0.717) is 48.0 Å². The molecule has 2 heterocycles. The predicted octanol–water partition coefficient (Wildman–Crippen LogP) is 5.32. The Bertz CT molecular complexity index is 1580. The third kappa shape index (κ3) is 6.62. The van der Waals surface area contributed by atoms with Gasteiger partial charge in [-0.3, -0.25) is 9.89 Å². The number of hydrogen-bond acceptors (Lipinski definition) is 6. The first-order chi connectivity index (χ1) is 19.6. The van der Waals surface area contributed by atoms with Gasteiger partial charge in [-0.1, -0.05) is 12.1 Å². The maximum absolute atomic E-state index is 13.6. The number of nitrogens with zero attached hydrogens (tertiary/aromatic N) is 1. The second-order valence-corrected chi connectivity index (χ2v) is 9.60. The number of anilines is 2. The molecule has 0 radical (unpaired) electrons. The van der Waals surface area contributed by atoms with Crippen LogP contribution in [0.4, 0.5) is 33.5 Å². The van der Waals surface area contributed by atoms with Crippen LogP contribution in [0.2, 0.25) is 0 Å². The van der Waals surface area contributed by atoms with Crippen molar-refractivity contribution in [3.8, 4) is 5.75 Å². The fraction of sp³-hybridized carbons (Fsp3) is 0.250. The highest BCUT2D eigenvalue weighted by Crippen LogP contribution is 2.33. The summed E-state index contributed by atoms with van der Waals surface area (Å²) in [7, 11) is 0. The van der Waals surface area contributed by atoms with E-state index < -0.39 is 35.4 Å². The van der Waals surface area contributed by atoms with Crippen LogP contribution < -0.4 is 20.7 Å². The van der Waals surface area contributed by atoms with Gasteiger partial charge in [0.15, 0.2) is 11.6 Å². The minimum atomic E-state index is -5.23. The van der Waals surface area contributed by atoms with Gasteiger partial charge in [0.05, 0.1) is 16.8 Å². The van der Waals surface area contributed by atoms with Crippen molar-refractivity contribution < 1.29 is 36.3 Å². The Morgan fingerprint density at radius 3 is 2.41 bits per heavy atom. The number of rotatable bonds is 7. The van der Waals surface area contributed by atoms with Gasteiger partial charge in [-0.25, -0.2) is 13.6 Å². The van der Waals surface area contributed by atoms with Crippen molar-refractivity contribution in [3.63, 3.8) is 0 Å². The number of aromatic amines is 1. The fourth-order valence-electron chi connectivity index (χ4n) is 4.67. The van der Waals surface area contributed by atoms with E-state index in [9.17, 15) is 31.5 Å². The molecule has 1 fully saturated rings. The number of benzene rings is 3. The van der Waals surface area contributed by atoms with Crippen molar-refractivity contribution >= 4 is 34.3 Å². The smallest absolute Gasteiger partial charge is 0.418 e. The number of hydrogen-bond donors (Lipinski definition) is 4. The van der Waals surface area contributed by atoms with Crippen LogP contribution in [0.1, 0.15) is 34.3 Å². The summed E-state index contributed by atoms with van der Waals surface area (Å²) in [5.74, 6) is -4.83. The van der Waals surface area contributed by atoms with Gasteiger partial charge in [0.2, 0.25) is 0 Å². The maximum Gasteiger partial charge on any atom is 0.491 e. The molecule has 13 heteroatoms. The molecule has 4 N–H and O–H groups in total. The Balaban J connectivity index is 1.44. The number of para-hydroxylation sites is 1. The van der Waals surface area contributed by atoms with Gasteiger partial charge in [0, 0.05) is 17.5 Å². The van der Waals surface area contributed by atoms with E-state index in [1.54, 1.807) is 18.2 Å². The first-order valence-corrected chi connectivity index (χ1v) is 12.7. The Morgan fingerprint density at radius 1 is 0.976 bits per heavy atom. The number of fused-ring (bicyclic) bond motifs is 1. The number of halogens is 5. The molecule has 1 aliphatic rings. The van der Waals surface area contributed by atoms with Gasteiger partial charge >= 0.3 is 12.1 Å². The molecule has 0 aliphatic carbocycles. The SMILES string of the molecule is O=C(Nc1n[nH]c2ccc(Cc3cc(F)cc(F)c3)cc12)c1cccc(OC(=O)C(F)(F)F)c1NC1CCNCC1. The average molecular weight is 574 g/mol. The van der Waals surface area contributed by atoms with Gasteiger partial charge in [-0.15, -0.1) is 0 Å². The first kappa shape index (κ1) is 28.0. The van der Waals surface area contributed by atoms with Gasteiger partial charge in [-0.2, -0.15) is 18.3 Å². The van der Waals surface area contributed by atoms with Crippen LogP contribution in [0, 0.1) is 11.6 Å². The first-order valence-electron chi connectivity index (χ1n) is 12.7. The lowest BCUT2D eigenvalue weighted by Crippen LogP contribution is -2.36. The Hall–Kier alpha value is -4.52. The van der Waals surface area contributed by atoms with Crippen molar-refractivity contribution in [3.05, 3.63) is 82.9 Å². The highest BCUT2D eigenvalue weighted by atomic mass is 19.4. The molecule has 3 aromatic carbocycles. The number of esters is 1. The molecule has 5 rings (SSSR count). The van der Waals surface area contributed by atoms with Crippen LogP contribution in [-0.2, 0) is 11.2 Å². The lowest BCUT2D eigenvalue weighted by molar-refractivity contribution is -0.189. The molecule has 0 atom stereocenters. The Kier molecular flexibility index (Phi) is 7.88. The molecule has 214 valence electrons. The molecule has 4 aromatic rings. The summed E-state index contributed by atoms with van der Waals surface area (Å²) in [5.41, 5.74) is 1.56. The second kappa shape index (κ2) is 11.5. The van der Waals surface area contributed by atoms with Crippen molar-refractivity contribution in [2.75, 3.05) is 23.7 Å². The number of carbonyl (C=O) groups excluding carboxylic acids is 2. The zero-order valence-corrected chi connectivity index (χ0v) is 21.4. The molecule has 0 bridgehead atoms. The van der Waals surface area contributed by atoms with Crippen molar-refractivity contribution in [1.29, 1.82) is 0 Å². The number of nitrogens with one attached hydrogen (secondary N) is 4. The van der Waals surface area contributed by atoms with E-state index in [-0.39, 0.29) is 29.5 Å². The number of H-pyrrole nitrogens is 1. The second-order valence-electron chi connectivity index (χ2n) is 9.60. The van der Waals surface area contributed by atoms with Gasteiger partial charge in [0.1, 0.15) is 11.6 Å². The van der Waals surface area contributed by atoms with E-state index >= 15 is 0 Å². The van der Waals surface area contributed by atoms with Gasteiger partial charge in [0.25, 0.3) is 5.91 Å². The largest absolute Gasteiger partial charge is 0.491 e. The molecular formula is C28H24F5N5O3. The molecule has 41 heavy (non-hydrogen) atoms. The topological polar surface area (TPSA) is 108 Å². The highest BCUT2D eigenvalue weighted by Gasteiger charge is 2.42. The Labute approximate surface area is 230 Å². The van der Waals surface area contributed by atoms with E-state index in [2.05, 4.69) is 30.9 Å². The summed E-state index contributed by atoms with van der Waals surface area (Å²) < 4.78 is 70.8. The van der Waals surface area contributed by atoms with Crippen molar-refractivity contribution in [1.82, 2.24) is 15.5 Å². The normalized spacial score (nSPS) is 14.2. The zero-order valence-electron chi connectivity index (χ0n) is 21.4. The molecule has 0 spiro atoms. The predicted molar refractivity (Wildman–Crippen MR) is 141 cm³/mol. The van der Waals surface area contributed by atoms with Crippen LogP contribution >= 0.6 is 0 Å². The number of ether oxygens (including phenoxy) is 1. The van der Waals surface area contributed by atoms with Crippen LogP contribution in [-0.4, -0.2) is 47.4 Å². The standard InChI is InChI=1S/C28H24F5N5O3/c29-17-11-16(12-18(30)14-17)10-15-4-5-22-21(13-15)25(38-37-22)36-26(39)20-2-1-3-23(41-27(40)28(31,32)33)24(20)35-19-6-8-34-9-7-19/h1-5,11-14,19,34-35H,6-10H2,(H2,36,37,38,39). The highest BCUT2D eigenvalue weighted by molar-refractivity contribution is 6.11. The van der Waals surface area contributed by atoms with E-state index in [1.807, 2.05) is 0 Å². The minimum Gasteiger partial charge on any atom is -0.418 e. The summed E-state index contributed by atoms with van der Waals surface area (Å²) in [6, 6.07) is 12.1. The van der Waals surface area contributed by atoms with E-state index in [1.165, 1.54) is 30.3 Å². The maximum atomic E-state index is 13.6. The van der Waals surface area contributed by atoms with Crippen LogP contribution in [0.5, 0.6) is 5.75 Å². The van der Waals surface area contributed by atoms with Crippen LogP contribution in [0.25, 0.3) is 10.9 Å². The summed E-state index contributed by atoms with van der Waals surface area (Å²) in [6.45, 7) is 1.32. The number of carbonyl (C=O) groups is 2. The zero-order chi connectivity index (χ0) is 29.1. The van der Waals surface area contributed by atoms with E-state index in [4.69, 9.17) is 0 Å². The van der Waals surface area contributed by atoms with Gasteiger partial charge in [-0.05, 0) is 79.9 Å². The fourth-order valence-corrected chi connectivity index (χ4v) is 4.67. The summed E-state index contributed by atoms with van der Waals surface area (Å²) in [6.07, 6.45) is -3.76. The van der Waals surface area contributed by atoms with Crippen molar-refractivity contribution in [2.45, 2.75) is 31.5 Å².